The van der Waals surface area contributed by atoms with Gasteiger partial charge >= 0.3 is 5.97 Å². The van der Waals surface area contributed by atoms with Crippen LogP contribution in [0.4, 0.5) is 0 Å². The molecule has 2 aromatic rings. The second-order valence-corrected chi connectivity index (χ2v) is 6.69. The first kappa shape index (κ1) is 20.0. The number of methoxy groups -OCH3 is 1. The van der Waals surface area contributed by atoms with E-state index in [1.807, 2.05) is 6.92 Å². The van der Waals surface area contributed by atoms with E-state index in [0.717, 1.165) is 12.0 Å². The third kappa shape index (κ3) is 4.43. The Kier molecular flexibility index (Phi) is 6.80. The van der Waals surface area contributed by atoms with Crippen molar-refractivity contribution in [3.8, 4) is 11.5 Å². The maximum absolute atomic E-state index is 11.6. The monoisotopic (exact) mass is 420 g/mol. The first-order valence-electron chi connectivity index (χ1n) is 8.24. The fourth-order valence-electron chi connectivity index (χ4n) is 2.61. The van der Waals surface area contributed by atoms with Gasteiger partial charge in [-0.25, -0.2) is 4.79 Å². The van der Waals surface area contributed by atoms with Gasteiger partial charge in [0.15, 0.2) is 5.78 Å². The molecule has 0 fully saturated rings. The van der Waals surface area contributed by atoms with Crippen LogP contribution in [-0.4, -0.2) is 24.0 Å². The van der Waals surface area contributed by atoms with E-state index in [4.69, 9.17) is 9.47 Å². The number of Topliss-reactive ketones (excluding diaryl/α,β-unsaturated/α-hetero) is 1. The molecule has 0 aliphatic carbocycles. The highest BCUT2D eigenvalue weighted by atomic mass is 79.9. The van der Waals surface area contributed by atoms with Crippen molar-refractivity contribution in [3.05, 3.63) is 57.1 Å². The van der Waals surface area contributed by atoms with Crippen molar-refractivity contribution in [2.24, 2.45) is 0 Å². The Bertz CT molecular complexity index is 829. The normalized spacial score (nSPS) is 10.5. The van der Waals surface area contributed by atoms with Crippen LogP contribution in [0.15, 0.2) is 34.8 Å². The van der Waals surface area contributed by atoms with E-state index in [9.17, 15) is 14.7 Å². The van der Waals surface area contributed by atoms with E-state index >= 15 is 0 Å². The van der Waals surface area contributed by atoms with Gasteiger partial charge in [0.2, 0.25) is 0 Å². The van der Waals surface area contributed by atoms with Gasteiger partial charge in [-0.3, -0.25) is 4.79 Å². The van der Waals surface area contributed by atoms with Crippen molar-refractivity contribution >= 4 is 27.7 Å². The molecule has 2 aromatic carbocycles. The van der Waals surface area contributed by atoms with E-state index in [1.165, 1.54) is 14.0 Å². The molecule has 0 bridgehead atoms. The molecule has 0 aliphatic rings. The van der Waals surface area contributed by atoms with E-state index < -0.39 is 5.97 Å². The average molecular weight is 421 g/mol. The van der Waals surface area contributed by atoms with Gasteiger partial charge in [-0.2, -0.15) is 0 Å². The van der Waals surface area contributed by atoms with Gasteiger partial charge in [0.1, 0.15) is 18.1 Å². The number of hydrogen-bond donors (Lipinski definition) is 1. The van der Waals surface area contributed by atoms with Crippen LogP contribution in [0.25, 0.3) is 0 Å². The zero-order valence-corrected chi connectivity index (χ0v) is 16.6. The maximum atomic E-state index is 11.6. The second-order valence-electron chi connectivity index (χ2n) is 5.84. The van der Waals surface area contributed by atoms with Crippen LogP contribution < -0.4 is 4.74 Å². The van der Waals surface area contributed by atoms with E-state index in [2.05, 4.69) is 15.9 Å². The molecule has 5 nitrogen and oxygen atoms in total. The van der Waals surface area contributed by atoms with Gasteiger partial charge in [0.25, 0.3) is 0 Å². The number of aromatic hydroxyl groups is 1. The predicted octanol–water partition coefficient (Wildman–Crippen LogP) is 4.68. The smallest absolute Gasteiger partial charge is 0.339 e. The minimum absolute atomic E-state index is 0.0148. The third-order valence-corrected chi connectivity index (χ3v) is 4.61. The number of carbonyl (C=O) groups is 2. The van der Waals surface area contributed by atoms with Crippen LogP contribution >= 0.6 is 15.9 Å². The number of ether oxygens (including phenoxy) is 2. The SMILES string of the molecule is CCCc1c(OCc2ccc(C(=O)OC)c(Br)c2)ccc(C(C)=O)c1O. The Morgan fingerprint density at radius 3 is 2.42 bits per heavy atom. The Hall–Kier alpha value is -2.34. The van der Waals surface area contributed by atoms with Crippen LogP contribution in [0.3, 0.4) is 0 Å². The lowest BCUT2D eigenvalue weighted by Gasteiger charge is -2.15. The molecular formula is C20H21BrO5. The van der Waals surface area contributed by atoms with Crippen molar-refractivity contribution in [1.82, 2.24) is 0 Å². The molecule has 0 aromatic heterocycles. The standard InChI is InChI=1S/C20H21BrO5/c1-4-5-16-18(9-8-14(12(2)22)19(16)23)26-11-13-6-7-15(17(21)10-13)20(24)25-3/h6-10,23H,4-5,11H2,1-3H3. The van der Waals surface area contributed by atoms with Crippen LogP contribution in [0.5, 0.6) is 11.5 Å². The summed E-state index contributed by atoms with van der Waals surface area (Å²) in [4.78, 5) is 23.2. The zero-order valence-electron chi connectivity index (χ0n) is 15.0. The Labute approximate surface area is 161 Å². The molecule has 26 heavy (non-hydrogen) atoms. The first-order valence-corrected chi connectivity index (χ1v) is 9.03. The molecule has 138 valence electrons. The number of carbonyl (C=O) groups excluding carboxylic acids is 2. The topological polar surface area (TPSA) is 72.8 Å². The average Bonchev–Trinajstić information content (AvgIpc) is 2.61. The molecule has 0 saturated carbocycles. The summed E-state index contributed by atoms with van der Waals surface area (Å²) in [6.45, 7) is 3.67. The summed E-state index contributed by atoms with van der Waals surface area (Å²) in [5.41, 5.74) is 2.21. The van der Waals surface area contributed by atoms with Crippen LogP contribution in [0.1, 0.15) is 52.1 Å². The maximum Gasteiger partial charge on any atom is 0.339 e. The largest absolute Gasteiger partial charge is 0.507 e. The van der Waals surface area contributed by atoms with Gasteiger partial charge in [-0.1, -0.05) is 19.4 Å². The summed E-state index contributed by atoms with van der Waals surface area (Å²) in [7, 11) is 1.33. The quantitative estimate of drug-likeness (QED) is 0.520. The summed E-state index contributed by atoms with van der Waals surface area (Å²) in [5.74, 6) is -0.0744. The fraction of sp³-hybridized carbons (Fsp3) is 0.300. The molecule has 2 rings (SSSR count). The van der Waals surface area contributed by atoms with Crippen molar-refractivity contribution in [1.29, 1.82) is 0 Å². The summed E-state index contributed by atoms with van der Waals surface area (Å²) in [5, 5.41) is 10.4. The number of benzene rings is 2. The third-order valence-electron chi connectivity index (χ3n) is 3.95. The summed E-state index contributed by atoms with van der Waals surface area (Å²) in [6, 6.07) is 8.51. The number of rotatable bonds is 7. The van der Waals surface area contributed by atoms with Crippen molar-refractivity contribution < 1.29 is 24.2 Å². The number of halogens is 1. The van der Waals surface area contributed by atoms with Gasteiger partial charge < -0.3 is 14.6 Å². The van der Waals surface area contributed by atoms with E-state index in [0.29, 0.717) is 33.3 Å². The lowest BCUT2D eigenvalue weighted by Crippen LogP contribution is -2.05. The molecule has 0 atom stereocenters. The molecule has 0 saturated heterocycles. The highest BCUT2D eigenvalue weighted by molar-refractivity contribution is 9.10. The van der Waals surface area contributed by atoms with Crippen LogP contribution in [-0.2, 0) is 17.8 Å². The summed E-state index contributed by atoms with van der Waals surface area (Å²) >= 11 is 3.36. The summed E-state index contributed by atoms with van der Waals surface area (Å²) in [6.07, 6.45) is 1.41. The molecule has 0 spiro atoms. The zero-order chi connectivity index (χ0) is 19.3. The van der Waals surface area contributed by atoms with E-state index in [-0.39, 0.29) is 18.1 Å². The van der Waals surface area contributed by atoms with Crippen molar-refractivity contribution in [3.63, 3.8) is 0 Å². The minimum Gasteiger partial charge on any atom is -0.507 e. The molecule has 0 aliphatic heterocycles. The van der Waals surface area contributed by atoms with Gasteiger partial charge in [0.05, 0.1) is 18.2 Å². The Morgan fingerprint density at radius 2 is 1.85 bits per heavy atom. The molecule has 0 unspecified atom stereocenters. The highest BCUT2D eigenvalue weighted by Crippen LogP contribution is 2.33. The highest BCUT2D eigenvalue weighted by Gasteiger charge is 2.16. The number of hydrogen-bond acceptors (Lipinski definition) is 5. The molecule has 0 radical (unpaired) electrons. The molecular weight excluding hydrogens is 400 g/mol. The van der Waals surface area contributed by atoms with Gasteiger partial charge in [-0.05, 0) is 59.1 Å². The number of phenolic OH excluding ortho intramolecular Hbond substituents is 1. The van der Waals surface area contributed by atoms with E-state index in [1.54, 1.807) is 30.3 Å². The Morgan fingerprint density at radius 1 is 1.15 bits per heavy atom. The number of ketones is 1. The minimum atomic E-state index is -0.417. The molecule has 1 N–H and O–H groups in total. The van der Waals surface area contributed by atoms with Gasteiger partial charge in [-0.15, -0.1) is 0 Å². The fourth-order valence-corrected chi connectivity index (χ4v) is 3.20. The van der Waals surface area contributed by atoms with Crippen LogP contribution in [0.2, 0.25) is 0 Å². The second kappa shape index (κ2) is 8.85. The van der Waals surface area contributed by atoms with Crippen LogP contribution in [0, 0.1) is 0 Å². The predicted molar refractivity (Wildman–Crippen MR) is 102 cm³/mol. The molecule has 6 heteroatoms. The molecule has 0 amide bonds. The summed E-state index contributed by atoms with van der Waals surface area (Å²) < 4.78 is 11.2. The van der Waals surface area contributed by atoms with Crippen molar-refractivity contribution in [2.75, 3.05) is 7.11 Å². The Balaban J connectivity index is 2.24. The first-order chi connectivity index (χ1) is 12.4. The number of phenols is 1. The number of esters is 1. The lowest BCUT2D eigenvalue weighted by atomic mass is 10.0. The van der Waals surface area contributed by atoms with Gasteiger partial charge in [0, 0.05) is 10.0 Å². The lowest BCUT2D eigenvalue weighted by molar-refractivity contribution is 0.0599. The molecule has 0 heterocycles. The van der Waals surface area contributed by atoms with Crippen molar-refractivity contribution in [2.45, 2.75) is 33.3 Å².